The van der Waals surface area contributed by atoms with Crippen LogP contribution in [0, 0.1) is 0 Å². The fraction of sp³-hybridized carbons (Fsp3) is 0.500. The molecule has 0 unspecified atom stereocenters. The zero-order valence-corrected chi connectivity index (χ0v) is 7.21. The Labute approximate surface area is 73.1 Å². The number of aliphatic imine (C=N–C) groups is 1. The third-order valence-electron chi connectivity index (χ3n) is 2.37. The molecule has 0 atom stereocenters. The van der Waals surface area contributed by atoms with Crippen molar-refractivity contribution in [1.82, 2.24) is 5.32 Å². The van der Waals surface area contributed by atoms with Gasteiger partial charge in [-0.1, -0.05) is 12.5 Å². The predicted octanol–water partition coefficient (Wildman–Crippen LogP) is 2.35. The van der Waals surface area contributed by atoms with E-state index in [4.69, 9.17) is 0 Å². The van der Waals surface area contributed by atoms with E-state index in [-0.39, 0.29) is 0 Å². The summed E-state index contributed by atoms with van der Waals surface area (Å²) in [6.45, 7) is 0. The molecule has 0 saturated heterocycles. The van der Waals surface area contributed by atoms with E-state index >= 15 is 0 Å². The molecule has 2 nitrogen and oxygen atoms in total. The third-order valence-corrected chi connectivity index (χ3v) is 2.37. The van der Waals surface area contributed by atoms with E-state index in [9.17, 15) is 0 Å². The molecule has 1 aliphatic heterocycles. The second kappa shape index (κ2) is 3.57. The van der Waals surface area contributed by atoms with E-state index in [1.165, 1.54) is 43.4 Å². The number of hydrogen-bond donors (Lipinski definition) is 1. The first-order valence-corrected chi connectivity index (χ1v) is 4.64. The Morgan fingerprint density at radius 2 is 2.25 bits per heavy atom. The van der Waals surface area contributed by atoms with Gasteiger partial charge in [-0.2, -0.15) is 0 Å². The molecule has 2 heteroatoms. The van der Waals surface area contributed by atoms with E-state index in [2.05, 4.69) is 16.4 Å². The van der Waals surface area contributed by atoms with E-state index in [0.29, 0.717) is 0 Å². The summed E-state index contributed by atoms with van der Waals surface area (Å²) in [5.74, 6) is 0. The maximum absolute atomic E-state index is 4.09. The summed E-state index contributed by atoms with van der Waals surface area (Å²) in [5, 5.41) is 3.19. The Bertz CT molecular complexity index is 249. The van der Waals surface area contributed by atoms with Crippen LogP contribution in [0.25, 0.3) is 0 Å². The quantitative estimate of drug-likeness (QED) is 0.581. The Morgan fingerprint density at radius 3 is 3.25 bits per heavy atom. The van der Waals surface area contributed by atoms with Gasteiger partial charge in [0, 0.05) is 11.9 Å². The van der Waals surface area contributed by atoms with Gasteiger partial charge in [0.05, 0.1) is 6.34 Å². The van der Waals surface area contributed by atoms with Crippen molar-refractivity contribution >= 4 is 6.34 Å². The molecule has 0 aromatic rings. The van der Waals surface area contributed by atoms with Crippen LogP contribution in [0.2, 0.25) is 0 Å². The number of hydrogen-bond acceptors (Lipinski definition) is 2. The maximum Gasteiger partial charge on any atom is 0.0923 e. The first-order chi connectivity index (χ1) is 5.97. The molecule has 2 aliphatic rings. The minimum atomic E-state index is 1.18. The lowest BCUT2D eigenvalue weighted by atomic mass is 9.99. The van der Waals surface area contributed by atoms with E-state index < -0.39 is 0 Å². The summed E-state index contributed by atoms with van der Waals surface area (Å²) in [5.41, 5.74) is 2.65. The van der Waals surface area contributed by atoms with Gasteiger partial charge in [-0.05, 0) is 31.3 Å². The van der Waals surface area contributed by atoms with Crippen molar-refractivity contribution < 1.29 is 0 Å². The fourth-order valence-electron chi connectivity index (χ4n) is 1.67. The summed E-state index contributed by atoms with van der Waals surface area (Å²) in [7, 11) is 0. The highest BCUT2D eigenvalue weighted by Crippen LogP contribution is 2.21. The Hall–Kier alpha value is -1.05. The third kappa shape index (κ3) is 1.58. The summed E-state index contributed by atoms with van der Waals surface area (Å²) >= 11 is 0. The summed E-state index contributed by atoms with van der Waals surface area (Å²) in [6.07, 6.45) is 12.4. The first kappa shape index (κ1) is 7.59. The molecule has 12 heavy (non-hydrogen) atoms. The van der Waals surface area contributed by atoms with Gasteiger partial charge in [-0.25, -0.2) is 4.99 Å². The smallest absolute Gasteiger partial charge is 0.0923 e. The molecule has 0 spiro atoms. The van der Waals surface area contributed by atoms with Crippen LogP contribution in [0.5, 0.6) is 0 Å². The Morgan fingerprint density at radius 1 is 1.25 bits per heavy atom. The molecule has 64 valence electrons. The van der Waals surface area contributed by atoms with Gasteiger partial charge in [0.1, 0.15) is 0 Å². The molecule has 1 heterocycles. The van der Waals surface area contributed by atoms with E-state index in [1.807, 2.05) is 6.20 Å². The molecule has 0 bridgehead atoms. The van der Waals surface area contributed by atoms with Crippen molar-refractivity contribution in [3.05, 3.63) is 23.5 Å². The van der Waals surface area contributed by atoms with Crippen molar-refractivity contribution in [1.29, 1.82) is 0 Å². The number of nitrogens with zero attached hydrogens (tertiary/aromatic N) is 1. The lowest BCUT2D eigenvalue weighted by molar-refractivity contribution is 0.665. The molecular weight excluding hydrogens is 148 g/mol. The van der Waals surface area contributed by atoms with Crippen molar-refractivity contribution in [3.8, 4) is 0 Å². The Kier molecular flexibility index (Phi) is 2.26. The van der Waals surface area contributed by atoms with Gasteiger partial charge in [-0.15, -0.1) is 0 Å². The van der Waals surface area contributed by atoms with Crippen LogP contribution in [0.4, 0.5) is 0 Å². The highest BCUT2D eigenvalue weighted by molar-refractivity contribution is 5.63. The molecule has 2 rings (SSSR count). The van der Waals surface area contributed by atoms with Crippen LogP contribution in [0.1, 0.15) is 32.1 Å². The van der Waals surface area contributed by atoms with Crippen molar-refractivity contribution in [2.24, 2.45) is 4.99 Å². The van der Waals surface area contributed by atoms with E-state index in [0.717, 1.165) is 0 Å². The zero-order chi connectivity index (χ0) is 8.23. The SMILES string of the molecule is C1=NC=C2CCCCCC=C2N1. The second-order valence-electron chi connectivity index (χ2n) is 3.29. The second-order valence-corrected chi connectivity index (χ2v) is 3.29. The lowest BCUT2D eigenvalue weighted by Gasteiger charge is -2.16. The summed E-state index contributed by atoms with van der Waals surface area (Å²) < 4.78 is 0. The molecule has 0 radical (unpaired) electrons. The molecule has 0 aromatic carbocycles. The Balaban J connectivity index is 2.19. The van der Waals surface area contributed by atoms with Crippen LogP contribution >= 0.6 is 0 Å². The molecule has 0 amide bonds. The minimum Gasteiger partial charge on any atom is -0.346 e. The van der Waals surface area contributed by atoms with Crippen LogP contribution < -0.4 is 5.32 Å². The summed E-state index contributed by atoms with van der Waals surface area (Å²) in [4.78, 5) is 4.09. The highest BCUT2D eigenvalue weighted by atomic mass is 15.0. The molecule has 1 aliphatic carbocycles. The normalized spacial score (nSPS) is 22.7. The number of allylic oxidation sites excluding steroid dienone is 2. The first-order valence-electron chi connectivity index (χ1n) is 4.64. The minimum absolute atomic E-state index is 1.18. The maximum atomic E-state index is 4.09. The van der Waals surface area contributed by atoms with E-state index in [1.54, 1.807) is 6.34 Å². The highest BCUT2D eigenvalue weighted by Gasteiger charge is 2.08. The van der Waals surface area contributed by atoms with Crippen LogP contribution in [-0.4, -0.2) is 6.34 Å². The summed E-state index contributed by atoms with van der Waals surface area (Å²) in [6, 6.07) is 0. The number of nitrogens with one attached hydrogen (secondary N) is 1. The topological polar surface area (TPSA) is 24.4 Å². The zero-order valence-electron chi connectivity index (χ0n) is 7.21. The number of rotatable bonds is 0. The van der Waals surface area contributed by atoms with Gasteiger partial charge < -0.3 is 5.32 Å². The fourth-order valence-corrected chi connectivity index (χ4v) is 1.67. The van der Waals surface area contributed by atoms with Gasteiger partial charge in [0.15, 0.2) is 0 Å². The van der Waals surface area contributed by atoms with Gasteiger partial charge >= 0.3 is 0 Å². The molecular formula is C10H14N2. The predicted molar refractivity (Wildman–Crippen MR) is 50.9 cm³/mol. The van der Waals surface area contributed by atoms with Gasteiger partial charge in [-0.3, -0.25) is 0 Å². The molecule has 0 fully saturated rings. The van der Waals surface area contributed by atoms with Crippen LogP contribution in [0.15, 0.2) is 28.5 Å². The average molecular weight is 162 g/mol. The van der Waals surface area contributed by atoms with Crippen molar-refractivity contribution in [2.75, 3.05) is 0 Å². The van der Waals surface area contributed by atoms with Crippen LogP contribution in [0.3, 0.4) is 0 Å². The number of fused-ring (bicyclic) bond motifs is 1. The van der Waals surface area contributed by atoms with Gasteiger partial charge in [0.2, 0.25) is 0 Å². The molecule has 0 aromatic heterocycles. The molecule has 0 saturated carbocycles. The van der Waals surface area contributed by atoms with Crippen LogP contribution in [-0.2, 0) is 0 Å². The van der Waals surface area contributed by atoms with Crippen molar-refractivity contribution in [2.45, 2.75) is 32.1 Å². The van der Waals surface area contributed by atoms with Gasteiger partial charge in [0.25, 0.3) is 0 Å². The monoisotopic (exact) mass is 162 g/mol. The van der Waals surface area contributed by atoms with Crippen molar-refractivity contribution in [3.63, 3.8) is 0 Å². The largest absolute Gasteiger partial charge is 0.346 e. The lowest BCUT2D eigenvalue weighted by Crippen LogP contribution is -2.16. The molecule has 1 N–H and O–H groups in total. The average Bonchev–Trinajstić information content (AvgIpc) is 2.06. The standard InChI is InChI=1S/C10H14N2/c1-2-4-6-10-9(5-3-1)7-11-8-12-10/h6-8H,1-5H2,(H,11,12).